The van der Waals surface area contributed by atoms with E-state index < -0.39 is 0 Å². The van der Waals surface area contributed by atoms with Gasteiger partial charge < -0.3 is 9.47 Å². The largest absolute Gasteiger partial charge is 0.497 e. The Hall–Kier alpha value is -1.96. The number of ether oxygens (including phenoxy) is 2. The van der Waals surface area contributed by atoms with Crippen molar-refractivity contribution < 1.29 is 9.47 Å². The molecule has 0 saturated carbocycles. The Morgan fingerprint density at radius 1 is 1.00 bits per heavy atom. The lowest BCUT2D eigenvalue weighted by atomic mass is 10.1. The quantitative estimate of drug-likeness (QED) is 0.813. The van der Waals surface area contributed by atoms with Crippen molar-refractivity contribution >= 4 is 0 Å². The molecule has 0 heterocycles. The zero-order valence-electron chi connectivity index (χ0n) is 10.4. The monoisotopic (exact) mass is 240 g/mol. The summed E-state index contributed by atoms with van der Waals surface area (Å²) >= 11 is 0. The number of para-hydroxylation sites is 1. The number of benzene rings is 2. The molecule has 0 spiro atoms. The van der Waals surface area contributed by atoms with Crippen molar-refractivity contribution in [2.45, 2.75) is 18.9 Å². The summed E-state index contributed by atoms with van der Waals surface area (Å²) < 4.78 is 11.3. The average Bonchev–Trinajstić information content (AvgIpc) is 2.82. The number of fused-ring (bicyclic) bond motifs is 1. The van der Waals surface area contributed by atoms with Crippen molar-refractivity contribution in [1.82, 2.24) is 0 Å². The fraction of sp³-hybridized carbons (Fsp3) is 0.250. The Morgan fingerprint density at radius 2 is 1.83 bits per heavy atom. The van der Waals surface area contributed by atoms with Gasteiger partial charge in [0.15, 0.2) is 0 Å². The highest BCUT2D eigenvalue weighted by Crippen LogP contribution is 2.36. The van der Waals surface area contributed by atoms with Crippen LogP contribution in [0.15, 0.2) is 48.5 Å². The normalized spacial score (nSPS) is 17.3. The number of methoxy groups -OCH3 is 1. The molecule has 0 aliphatic heterocycles. The van der Waals surface area contributed by atoms with Gasteiger partial charge in [0.1, 0.15) is 17.6 Å². The first-order valence-corrected chi connectivity index (χ1v) is 6.25. The molecule has 1 atom stereocenters. The van der Waals surface area contributed by atoms with Gasteiger partial charge in [0.05, 0.1) is 7.11 Å². The van der Waals surface area contributed by atoms with Crippen LogP contribution in [0.25, 0.3) is 0 Å². The molecule has 2 nitrogen and oxygen atoms in total. The maximum Gasteiger partial charge on any atom is 0.124 e. The molecule has 2 heteroatoms. The first-order valence-electron chi connectivity index (χ1n) is 6.25. The summed E-state index contributed by atoms with van der Waals surface area (Å²) in [5.41, 5.74) is 2.63. The first-order chi connectivity index (χ1) is 8.86. The average molecular weight is 240 g/mol. The van der Waals surface area contributed by atoms with Crippen LogP contribution in [0.2, 0.25) is 0 Å². The summed E-state index contributed by atoms with van der Waals surface area (Å²) in [4.78, 5) is 0. The fourth-order valence-corrected chi connectivity index (χ4v) is 2.46. The van der Waals surface area contributed by atoms with E-state index in [9.17, 15) is 0 Å². The lowest BCUT2D eigenvalue weighted by Gasteiger charge is -2.15. The smallest absolute Gasteiger partial charge is 0.124 e. The summed E-state index contributed by atoms with van der Waals surface area (Å²) in [6.45, 7) is 0. The Bertz CT molecular complexity index is 534. The van der Waals surface area contributed by atoms with E-state index in [0.717, 1.165) is 24.3 Å². The fourth-order valence-electron chi connectivity index (χ4n) is 2.46. The maximum absolute atomic E-state index is 6.05. The van der Waals surface area contributed by atoms with Crippen LogP contribution in [0.1, 0.15) is 23.7 Å². The Labute approximate surface area is 107 Å². The van der Waals surface area contributed by atoms with E-state index in [2.05, 4.69) is 12.1 Å². The van der Waals surface area contributed by atoms with Crippen LogP contribution in [0, 0.1) is 0 Å². The van der Waals surface area contributed by atoms with E-state index in [-0.39, 0.29) is 6.10 Å². The van der Waals surface area contributed by atoms with E-state index in [4.69, 9.17) is 9.47 Å². The van der Waals surface area contributed by atoms with Crippen molar-refractivity contribution in [1.29, 1.82) is 0 Å². The molecule has 0 fully saturated rings. The van der Waals surface area contributed by atoms with Gasteiger partial charge in [-0.05, 0) is 48.2 Å². The van der Waals surface area contributed by atoms with E-state index >= 15 is 0 Å². The van der Waals surface area contributed by atoms with Crippen LogP contribution >= 0.6 is 0 Å². The van der Waals surface area contributed by atoms with E-state index in [0.29, 0.717) is 0 Å². The summed E-state index contributed by atoms with van der Waals surface area (Å²) in [5, 5.41) is 0. The summed E-state index contributed by atoms with van der Waals surface area (Å²) in [5.74, 6) is 1.83. The third kappa shape index (κ3) is 2.06. The highest BCUT2D eigenvalue weighted by Gasteiger charge is 2.24. The summed E-state index contributed by atoms with van der Waals surface area (Å²) in [6.07, 6.45) is 2.27. The molecule has 0 bridgehead atoms. The van der Waals surface area contributed by atoms with Crippen molar-refractivity contribution in [3.8, 4) is 11.5 Å². The van der Waals surface area contributed by atoms with Gasteiger partial charge in [-0.1, -0.05) is 24.3 Å². The molecule has 92 valence electrons. The standard InChI is InChI=1S/C16H16O2/c1-17-14-9-7-12-8-10-16(15(12)11-14)18-13-5-3-2-4-6-13/h2-7,9,11,16H,8,10H2,1H3. The van der Waals surface area contributed by atoms with Crippen molar-refractivity contribution in [3.05, 3.63) is 59.7 Å². The minimum Gasteiger partial charge on any atom is -0.497 e. The lowest BCUT2D eigenvalue weighted by Crippen LogP contribution is -2.03. The highest BCUT2D eigenvalue weighted by atomic mass is 16.5. The van der Waals surface area contributed by atoms with Crippen LogP contribution in [0.4, 0.5) is 0 Å². The minimum atomic E-state index is 0.150. The van der Waals surface area contributed by atoms with Gasteiger partial charge in [-0.2, -0.15) is 0 Å². The minimum absolute atomic E-state index is 0.150. The van der Waals surface area contributed by atoms with Gasteiger partial charge in [0.2, 0.25) is 0 Å². The van der Waals surface area contributed by atoms with Crippen LogP contribution in [0.5, 0.6) is 11.5 Å². The maximum atomic E-state index is 6.05. The van der Waals surface area contributed by atoms with Crippen LogP contribution in [-0.4, -0.2) is 7.11 Å². The Morgan fingerprint density at radius 3 is 2.61 bits per heavy atom. The molecule has 0 saturated heterocycles. The van der Waals surface area contributed by atoms with Gasteiger partial charge in [0, 0.05) is 0 Å². The zero-order valence-corrected chi connectivity index (χ0v) is 10.4. The highest BCUT2D eigenvalue weighted by molar-refractivity contribution is 5.40. The van der Waals surface area contributed by atoms with Crippen LogP contribution in [0.3, 0.4) is 0 Å². The van der Waals surface area contributed by atoms with Crippen LogP contribution < -0.4 is 9.47 Å². The number of hydrogen-bond donors (Lipinski definition) is 0. The second-order valence-corrected chi connectivity index (χ2v) is 4.52. The topological polar surface area (TPSA) is 18.5 Å². The van der Waals surface area contributed by atoms with Crippen molar-refractivity contribution in [2.75, 3.05) is 7.11 Å². The molecule has 18 heavy (non-hydrogen) atoms. The molecule has 0 aromatic heterocycles. The third-order valence-corrected chi connectivity index (χ3v) is 3.40. The summed E-state index contributed by atoms with van der Waals surface area (Å²) in [6, 6.07) is 16.2. The molecule has 2 aromatic carbocycles. The lowest BCUT2D eigenvalue weighted by molar-refractivity contribution is 0.207. The molecule has 2 aromatic rings. The van der Waals surface area contributed by atoms with Gasteiger partial charge in [-0.15, -0.1) is 0 Å². The molecule has 0 N–H and O–H groups in total. The molecule has 0 amide bonds. The SMILES string of the molecule is COc1ccc2c(c1)C(Oc1ccccc1)CC2. The van der Waals surface area contributed by atoms with Gasteiger partial charge in [0.25, 0.3) is 0 Å². The number of hydrogen-bond acceptors (Lipinski definition) is 2. The molecular weight excluding hydrogens is 224 g/mol. The molecule has 0 radical (unpaired) electrons. The van der Waals surface area contributed by atoms with Crippen molar-refractivity contribution in [2.24, 2.45) is 0 Å². The third-order valence-electron chi connectivity index (χ3n) is 3.40. The van der Waals surface area contributed by atoms with E-state index in [1.54, 1.807) is 7.11 Å². The molecule has 1 aliphatic rings. The van der Waals surface area contributed by atoms with E-state index in [1.807, 2.05) is 36.4 Å². The summed E-state index contributed by atoms with van der Waals surface area (Å²) in [7, 11) is 1.70. The zero-order chi connectivity index (χ0) is 12.4. The molecule has 1 aliphatic carbocycles. The Kier molecular flexibility index (Phi) is 2.93. The molecular formula is C16H16O2. The Balaban J connectivity index is 1.85. The first kappa shape index (κ1) is 11.1. The predicted molar refractivity (Wildman–Crippen MR) is 71.1 cm³/mol. The number of rotatable bonds is 3. The van der Waals surface area contributed by atoms with E-state index in [1.165, 1.54) is 11.1 Å². The second kappa shape index (κ2) is 4.73. The van der Waals surface area contributed by atoms with Gasteiger partial charge in [-0.25, -0.2) is 0 Å². The molecule has 1 unspecified atom stereocenters. The molecule has 3 rings (SSSR count). The number of aryl methyl sites for hydroxylation is 1. The van der Waals surface area contributed by atoms with Gasteiger partial charge >= 0.3 is 0 Å². The predicted octanol–water partition coefficient (Wildman–Crippen LogP) is 3.76. The van der Waals surface area contributed by atoms with Gasteiger partial charge in [-0.3, -0.25) is 0 Å². The van der Waals surface area contributed by atoms with Crippen molar-refractivity contribution in [3.63, 3.8) is 0 Å². The second-order valence-electron chi connectivity index (χ2n) is 4.52. The van der Waals surface area contributed by atoms with Crippen LogP contribution in [-0.2, 0) is 6.42 Å².